The summed E-state index contributed by atoms with van der Waals surface area (Å²) >= 11 is 7.23. The van der Waals surface area contributed by atoms with Crippen LogP contribution in [-0.2, 0) is 11.4 Å². The summed E-state index contributed by atoms with van der Waals surface area (Å²) in [5.41, 5.74) is 2.49. The Bertz CT molecular complexity index is 1240. The molecule has 0 aliphatic carbocycles. The van der Waals surface area contributed by atoms with E-state index in [1.165, 1.54) is 17.8 Å². The van der Waals surface area contributed by atoms with E-state index in [-0.39, 0.29) is 18.1 Å². The molecule has 1 aliphatic heterocycles. The van der Waals surface area contributed by atoms with Gasteiger partial charge in [0.25, 0.3) is 5.91 Å². The van der Waals surface area contributed by atoms with Gasteiger partial charge in [0.05, 0.1) is 16.2 Å². The van der Waals surface area contributed by atoms with Crippen molar-refractivity contribution in [1.29, 1.82) is 0 Å². The molecule has 0 saturated carbocycles. The SMILES string of the molecule is O=C1NC(=Nc2cccc(Cl)c2)S/C1=C\c1ccc(OCc2cccc(C(=O)O)c2)cc1. The van der Waals surface area contributed by atoms with Crippen molar-refractivity contribution in [2.24, 2.45) is 4.99 Å². The van der Waals surface area contributed by atoms with Crippen LogP contribution in [0, 0.1) is 0 Å². The Kier molecular flexibility index (Phi) is 6.58. The summed E-state index contributed by atoms with van der Waals surface area (Å²) < 4.78 is 5.74. The van der Waals surface area contributed by atoms with Crippen molar-refractivity contribution in [2.75, 3.05) is 0 Å². The van der Waals surface area contributed by atoms with E-state index in [1.54, 1.807) is 48.5 Å². The lowest BCUT2D eigenvalue weighted by atomic mass is 10.1. The Hall–Kier alpha value is -3.55. The minimum absolute atomic E-state index is 0.214. The fourth-order valence-corrected chi connectivity index (χ4v) is 3.94. The van der Waals surface area contributed by atoms with Crippen LogP contribution < -0.4 is 10.1 Å². The molecule has 1 heterocycles. The van der Waals surface area contributed by atoms with Gasteiger partial charge in [0.1, 0.15) is 12.4 Å². The van der Waals surface area contributed by atoms with Crippen LogP contribution in [0.15, 0.2) is 82.7 Å². The van der Waals surface area contributed by atoms with Crippen LogP contribution in [0.1, 0.15) is 21.5 Å². The molecule has 32 heavy (non-hydrogen) atoms. The highest BCUT2D eigenvalue weighted by atomic mass is 35.5. The topological polar surface area (TPSA) is 88.0 Å². The number of benzene rings is 3. The van der Waals surface area contributed by atoms with E-state index in [2.05, 4.69) is 10.3 Å². The predicted octanol–water partition coefficient (Wildman–Crippen LogP) is 5.51. The molecule has 0 spiro atoms. The molecule has 0 atom stereocenters. The molecule has 1 fully saturated rings. The molecular formula is C24H17ClN2O4S. The van der Waals surface area contributed by atoms with Gasteiger partial charge >= 0.3 is 5.97 Å². The molecule has 6 nitrogen and oxygen atoms in total. The average molecular weight is 465 g/mol. The summed E-state index contributed by atoms with van der Waals surface area (Å²) in [6.07, 6.45) is 1.78. The monoisotopic (exact) mass is 464 g/mol. The van der Waals surface area contributed by atoms with E-state index >= 15 is 0 Å². The molecule has 0 aromatic heterocycles. The molecule has 8 heteroatoms. The second kappa shape index (κ2) is 9.72. The third-order valence-electron chi connectivity index (χ3n) is 4.45. The van der Waals surface area contributed by atoms with Gasteiger partial charge in [-0.3, -0.25) is 4.79 Å². The Morgan fingerprint density at radius 1 is 1.09 bits per heavy atom. The second-order valence-electron chi connectivity index (χ2n) is 6.82. The van der Waals surface area contributed by atoms with Gasteiger partial charge in [0.15, 0.2) is 5.17 Å². The number of amidine groups is 1. The second-order valence-corrected chi connectivity index (χ2v) is 8.29. The standard InChI is InChI=1S/C24H17ClN2O4S/c25-18-5-2-6-19(13-18)26-24-27-22(28)21(32-24)12-15-7-9-20(10-8-15)31-14-16-3-1-4-17(11-16)23(29)30/h1-13H,14H2,(H,29,30)(H,26,27,28)/b21-12-. The summed E-state index contributed by atoms with van der Waals surface area (Å²) in [6, 6.07) is 21.0. The number of nitrogens with zero attached hydrogens (tertiary/aromatic N) is 1. The highest BCUT2D eigenvalue weighted by Crippen LogP contribution is 2.29. The first-order valence-corrected chi connectivity index (χ1v) is 10.8. The molecule has 1 amide bonds. The predicted molar refractivity (Wildman–Crippen MR) is 126 cm³/mol. The largest absolute Gasteiger partial charge is 0.489 e. The summed E-state index contributed by atoms with van der Waals surface area (Å²) in [6.45, 7) is 0.253. The average Bonchev–Trinajstić information content (AvgIpc) is 3.12. The number of amides is 1. The van der Waals surface area contributed by atoms with Crippen molar-refractivity contribution >= 4 is 52.2 Å². The number of halogens is 1. The zero-order valence-corrected chi connectivity index (χ0v) is 18.2. The van der Waals surface area contributed by atoms with E-state index in [4.69, 9.17) is 21.4 Å². The minimum Gasteiger partial charge on any atom is -0.489 e. The molecule has 0 bridgehead atoms. The van der Waals surface area contributed by atoms with Crippen LogP contribution in [0.3, 0.4) is 0 Å². The van der Waals surface area contributed by atoms with E-state index in [1.807, 2.05) is 24.3 Å². The van der Waals surface area contributed by atoms with Crippen LogP contribution in [0.5, 0.6) is 5.75 Å². The van der Waals surface area contributed by atoms with Crippen molar-refractivity contribution < 1.29 is 19.4 Å². The number of carboxylic acid groups (broad SMARTS) is 1. The first-order valence-electron chi connectivity index (χ1n) is 9.56. The molecule has 3 aromatic rings. The number of nitrogens with one attached hydrogen (secondary N) is 1. The maximum atomic E-state index is 12.3. The van der Waals surface area contributed by atoms with Crippen molar-refractivity contribution in [3.05, 3.63) is 99.4 Å². The lowest BCUT2D eigenvalue weighted by Gasteiger charge is -2.07. The number of hydrogen-bond acceptors (Lipinski definition) is 5. The van der Waals surface area contributed by atoms with Gasteiger partial charge in [-0.15, -0.1) is 0 Å². The number of carboxylic acids is 1. The number of rotatable bonds is 6. The maximum absolute atomic E-state index is 12.3. The highest BCUT2D eigenvalue weighted by Gasteiger charge is 2.23. The third-order valence-corrected chi connectivity index (χ3v) is 5.59. The van der Waals surface area contributed by atoms with Crippen LogP contribution >= 0.6 is 23.4 Å². The first kappa shape index (κ1) is 21.7. The third kappa shape index (κ3) is 5.57. The van der Waals surface area contributed by atoms with E-state index < -0.39 is 5.97 Å². The molecule has 1 saturated heterocycles. The fourth-order valence-electron chi connectivity index (χ4n) is 2.92. The number of thioether (sulfide) groups is 1. The molecule has 2 N–H and O–H groups in total. The number of hydrogen-bond donors (Lipinski definition) is 2. The van der Waals surface area contributed by atoms with Crippen molar-refractivity contribution in [3.63, 3.8) is 0 Å². The summed E-state index contributed by atoms with van der Waals surface area (Å²) in [4.78, 5) is 28.3. The Morgan fingerprint density at radius 2 is 1.88 bits per heavy atom. The fraction of sp³-hybridized carbons (Fsp3) is 0.0417. The maximum Gasteiger partial charge on any atom is 0.335 e. The first-order chi connectivity index (χ1) is 15.5. The summed E-state index contributed by atoms with van der Waals surface area (Å²) in [5.74, 6) is -0.548. The van der Waals surface area contributed by atoms with Gasteiger partial charge in [-0.2, -0.15) is 0 Å². The summed E-state index contributed by atoms with van der Waals surface area (Å²) in [5, 5.41) is 12.9. The van der Waals surface area contributed by atoms with Gasteiger partial charge in [-0.25, -0.2) is 9.79 Å². The van der Waals surface area contributed by atoms with Gasteiger partial charge in [-0.1, -0.05) is 41.9 Å². The minimum atomic E-state index is -0.973. The molecule has 4 rings (SSSR count). The van der Waals surface area contributed by atoms with Gasteiger partial charge in [0.2, 0.25) is 0 Å². The van der Waals surface area contributed by atoms with E-state index in [0.717, 1.165) is 11.1 Å². The quantitative estimate of drug-likeness (QED) is 0.470. The molecular weight excluding hydrogens is 448 g/mol. The normalized spacial score (nSPS) is 15.7. The van der Waals surface area contributed by atoms with Gasteiger partial charge in [0, 0.05) is 5.02 Å². The Morgan fingerprint density at radius 3 is 2.62 bits per heavy atom. The Labute approximate surface area is 193 Å². The molecule has 160 valence electrons. The van der Waals surface area contributed by atoms with Gasteiger partial charge < -0.3 is 15.2 Å². The lowest BCUT2D eigenvalue weighted by molar-refractivity contribution is -0.115. The molecule has 0 unspecified atom stereocenters. The number of carbonyl (C=O) groups is 2. The van der Waals surface area contributed by atoms with Crippen molar-refractivity contribution in [3.8, 4) is 5.75 Å². The number of ether oxygens (including phenoxy) is 1. The van der Waals surface area contributed by atoms with E-state index in [0.29, 0.717) is 26.5 Å². The zero-order valence-electron chi connectivity index (χ0n) is 16.6. The van der Waals surface area contributed by atoms with Crippen LogP contribution in [0.25, 0.3) is 6.08 Å². The lowest BCUT2D eigenvalue weighted by Crippen LogP contribution is -2.19. The summed E-state index contributed by atoms with van der Waals surface area (Å²) in [7, 11) is 0. The van der Waals surface area contributed by atoms with E-state index in [9.17, 15) is 9.59 Å². The van der Waals surface area contributed by atoms with Crippen molar-refractivity contribution in [1.82, 2.24) is 5.32 Å². The highest BCUT2D eigenvalue weighted by molar-refractivity contribution is 8.18. The smallest absolute Gasteiger partial charge is 0.335 e. The Balaban J connectivity index is 1.40. The van der Waals surface area contributed by atoms with Crippen LogP contribution in [-0.4, -0.2) is 22.2 Å². The number of aliphatic imine (C=N–C) groups is 1. The molecule has 1 aliphatic rings. The van der Waals surface area contributed by atoms with Gasteiger partial charge in [-0.05, 0) is 71.4 Å². The van der Waals surface area contributed by atoms with Crippen LogP contribution in [0.4, 0.5) is 5.69 Å². The molecule has 0 radical (unpaired) electrons. The molecule has 3 aromatic carbocycles. The number of carbonyl (C=O) groups excluding carboxylic acids is 1. The zero-order chi connectivity index (χ0) is 22.5. The number of aromatic carboxylic acids is 1. The van der Waals surface area contributed by atoms with Crippen molar-refractivity contribution in [2.45, 2.75) is 6.61 Å². The van der Waals surface area contributed by atoms with Crippen LogP contribution in [0.2, 0.25) is 5.02 Å².